The van der Waals surface area contributed by atoms with Crippen LogP contribution in [0, 0.1) is 13.8 Å². The first-order valence-corrected chi connectivity index (χ1v) is 9.48. The predicted octanol–water partition coefficient (Wildman–Crippen LogP) is 3.28. The molecule has 0 bridgehead atoms. The Morgan fingerprint density at radius 3 is 2.81 bits per heavy atom. The maximum absolute atomic E-state index is 12.6. The number of hydrogen-bond acceptors (Lipinski definition) is 6. The molecule has 7 heteroatoms. The molecule has 3 rings (SSSR count). The van der Waals surface area contributed by atoms with E-state index in [2.05, 4.69) is 4.98 Å². The van der Waals surface area contributed by atoms with E-state index in [-0.39, 0.29) is 24.3 Å². The third-order valence-corrected chi connectivity index (χ3v) is 5.16. The third kappa shape index (κ3) is 4.14. The molecule has 2 aromatic heterocycles. The van der Waals surface area contributed by atoms with E-state index in [1.807, 2.05) is 26.0 Å². The predicted molar refractivity (Wildman–Crippen MR) is 104 cm³/mol. The number of aryl methyl sites for hydroxylation is 3. The highest BCUT2D eigenvalue weighted by molar-refractivity contribution is 7.16. The number of thiophene rings is 1. The summed E-state index contributed by atoms with van der Waals surface area (Å²) >= 11 is 1.39. The van der Waals surface area contributed by atoms with E-state index in [9.17, 15) is 14.4 Å². The van der Waals surface area contributed by atoms with Gasteiger partial charge in [-0.15, -0.1) is 11.3 Å². The van der Waals surface area contributed by atoms with Crippen LogP contribution in [0.3, 0.4) is 0 Å². The number of ether oxygens (including phenoxy) is 1. The van der Waals surface area contributed by atoms with Gasteiger partial charge in [-0.1, -0.05) is 17.7 Å². The molecule has 3 aromatic rings. The molecule has 0 fully saturated rings. The van der Waals surface area contributed by atoms with Gasteiger partial charge in [0.05, 0.1) is 18.1 Å². The first kappa shape index (κ1) is 19.0. The Bertz CT molecular complexity index is 1070. The molecule has 0 aliphatic carbocycles. The van der Waals surface area contributed by atoms with Crippen molar-refractivity contribution in [3.05, 3.63) is 63.0 Å². The highest BCUT2D eigenvalue weighted by Crippen LogP contribution is 2.15. The third-order valence-electron chi connectivity index (χ3n) is 4.34. The Morgan fingerprint density at radius 1 is 1.26 bits per heavy atom. The van der Waals surface area contributed by atoms with Crippen molar-refractivity contribution in [1.29, 1.82) is 0 Å². The number of carbonyl (C=O) groups excluding carboxylic acids is 2. The zero-order chi connectivity index (χ0) is 19.6. The molecule has 1 atom stereocenters. The van der Waals surface area contributed by atoms with Crippen LogP contribution < -0.4 is 5.56 Å². The topological polar surface area (TPSA) is 78.3 Å². The molecule has 2 heterocycles. The van der Waals surface area contributed by atoms with Crippen molar-refractivity contribution in [1.82, 2.24) is 9.55 Å². The standard InChI is InChI=1S/C20H20N2O4S/c1-12-4-5-13(2)16(10-12)18(24)14(3)26-17(23)6-8-22-11-21-19-15(20(22)25)7-9-27-19/h4-5,7,9-11,14H,6,8H2,1-3H3. The van der Waals surface area contributed by atoms with Gasteiger partial charge in [-0.3, -0.25) is 19.0 Å². The Hall–Kier alpha value is -2.80. The molecular formula is C20H20N2O4S. The number of hydrogen-bond donors (Lipinski definition) is 0. The van der Waals surface area contributed by atoms with Crippen molar-refractivity contribution in [3.63, 3.8) is 0 Å². The molecule has 27 heavy (non-hydrogen) atoms. The summed E-state index contributed by atoms with van der Waals surface area (Å²) in [7, 11) is 0. The fourth-order valence-electron chi connectivity index (χ4n) is 2.79. The van der Waals surface area contributed by atoms with Crippen LogP contribution in [0.15, 0.2) is 40.8 Å². The van der Waals surface area contributed by atoms with Gasteiger partial charge in [0.1, 0.15) is 4.83 Å². The molecule has 0 spiro atoms. The van der Waals surface area contributed by atoms with Gasteiger partial charge < -0.3 is 4.74 Å². The lowest BCUT2D eigenvalue weighted by atomic mass is 9.99. The minimum absolute atomic E-state index is 0.0123. The van der Waals surface area contributed by atoms with Crippen molar-refractivity contribution in [2.24, 2.45) is 0 Å². The van der Waals surface area contributed by atoms with Gasteiger partial charge in [-0.25, -0.2) is 4.98 Å². The molecule has 0 aliphatic heterocycles. The second-order valence-electron chi connectivity index (χ2n) is 6.45. The Balaban J connectivity index is 1.63. The monoisotopic (exact) mass is 384 g/mol. The molecule has 0 amide bonds. The highest BCUT2D eigenvalue weighted by Gasteiger charge is 2.21. The number of rotatable bonds is 6. The lowest BCUT2D eigenvalue weighted by Gasteiger charge is -2.14. The van der Waals surface area contributed by atoms with Gasteiger partial charge in [0.25, 0.3) is 5.56 Å². The molecule has 0 saturated carbocycles. The van der Waals surface area contributed by atoms with Crippen LogP contribution in [-0.4, -0.2) is 27.4 Å². The number of esters is 1. The second kappa shape index (κ2) is 7.84. The first-order valence-electron chi connectivity index (χ1n) is 8.60. The van der Waals surface area contributed by atoms with E-state index < -0.39 is 12.1 Å². The van der Waals surface area contributed by atoms with Crippen LogP contribution in [0.25, 0.3) is 10.2 Å². The quantitative estimate of drug-likeness (QED) is 0.481. The number of benzene rings is 1. The van der Waals surface area contributed by atoms with E-state index in [0.717, 1.165) is 11.1 Å². The van der Waals surface area contributed by atoms with Crippen molar-refractivity contribution < 1.29 is 14.3 Å². The maximum Gasteiger partial charge on any atom is 0.308 e. The Kier molecular flexibility index (Phi) is 5.51. The van der Waals surface area contributed by atoms with Crippen LogP contribution in [-0.2, 0) is 16.1 Å². The fraction of sp³-hybridized carbons (Fsp3) is 0.300. The smallest absolute Gasteiger partial charge is 0.308 e. The molecule has 0 N–H and O–H groups in total. The van der Waals surface area contributed by atoms with Gasteiger partial charge in [0.15, 0.2) is 6.10 Å². The van der Waals surface area contributed by atoms with Crippen LogP contribution in [0.4, 0.5) is 0 Å². The van der Waals surface area contributed by atoms with Crippen LogP contribution in [0.5, 0.6) is 0 Å². The SMILES string of the molecule is Cc1ccc(C)c(C(=O)C(C)OC(=O)CCn2cnc3sccc3c2=O)c1. The molecule has 1 aromatic carbocycles. The van der Waals surface area contributed by atoms with Gasteiger partial charge in [-0.05, 0) is 43.8 Å². The summed E-state index contributed by atoms with van der Waals surface area (Å²) in [6.45, 7) is 5.47. The van der Waals surface area contributed by atoms with E-state index in [4.69, 9.17) is 4.74 Å². The normalized spacial score (nSPS) is 12.1. The van der Waals surface area contributed by atoms with Gasteiger partial charge in [-0.2, -0.15) is 0 Å². The molecule has 0 saturated heterocycles. The first-order chi connectivity index (χ1) is 12.9. The lowest BCUT2D eigenvalue weighted by molar-refractivity contribution is -0.146. The molecule has 0 radical (unpaired) electrons. The number of aromatic nitrogens is 2. The average molecular weight is 384 g/mol. The van der Waals surface area contributed by atoms with Gasteiger partial charge >= 0.3 is 5.97 Å². The van der Waals surface area contributed by atoms with E-state index in [0.29, 0.717) is 15.8 Å². The zero-order valence-corrected chi connectivity index (χ0v) is 16.2. The van der Waals surface area contributed by atoms with E-state index in [1.165, 1.54) is 22.2 Å². The summed E-state index contributed by atoms with van der Waals surface area (Å²) < 4.78 is 6.66. The summed E-state index contributed by atoms with van der Waals surface area (Å²) in [4.78, 5) is 41.9. The summed E-state index contributed by atoms with van der Waals surface area (Å²) in [5, 5.41) is 2.34. The van der Waals surface area contributed by atoms with Crippen LogP contribution in [0.1, 0.15) is 34.8 Å². The maximum atomic E-state index is 12.6. The number of nitrogens with zero attached hydrogens (tertiary/aromatic N) is 2. The summed E-state index contributed by atoms with van der Waals surface area (Å²) in [5.41, 5.74) is 2.18. The summed E-state index contributed by atoms with van der Waals surface area (Å²) in [5.74, 6) is -0.762. The van der Waals surface area contributed by atoms with Crippen molar-refractivity contribution in [2.75, 3.05) is 0 Å². The fourth-order valence-corrected chi connectivity index (χ4v) is 3.52. The Morgan fingerprint density at radius 2 is 2.04 bits per heavy atom. The molecule has 140 valence electrons. The minimum Gasteiger partial charge on any atom is -0.454 e. The van der Waals surface area contributed by atoms with Crippen LogP contribution >= 0.6 is 11.3 Å². The van der Waals surface area contributed by atoms with Crippen molar-refractivity contribution >= 4 is 33.3 Å². The van der Waals surface area contributed by atoms with Gasteiger partial charge in [0.2, 0.25) is 5.78 Å². The number of Topliss-reactive ketones (excluding diaryl/α,β-unsaturated/α-hetero) is 1. The van der Waals surface area contributed by atoms with E-state index in [1.54, 1.807) is 24.4 Å². The van der Waals surface area contributed by atoms with Crippen LogP contribution in [0.2, 0.25) is 0 Å². The van der Waals surface area contributed by atoms with E-state index >= 15 is 0 Å². The minimum atomic E-state index is -0.882. The summed E-state index contributed by atoms with van der Waals surface area (Å²) in [6, 6.07) is 7.31. The molecule has 1 unspecified atom stereocenters. The molecule has 6 nitrogen and oxygen atoms in total. The Labute approximate surface area is 160 Å². The largest absolute Gasteiger partial charge is 0.454 e. The molecular weight excluding hydrogens is 364 g/mol. The number of carbonyl (C=O) groups is 2. The zero-order valence-electron chi connectivity index (χ0n) is 15.4. The average Bonchev–Trinajstić information content (AvgIpc) is 3.12. The number of fused-ring (bicyclic) bond motifs is 1. The molecule has 0 aliphatic rings. The van der Waals surface area contributed by atoms with Crippen molar-refractivity contribution in [3.8, 4) is 0 Å². The number of ketones is 1. The summed E-state index contributed by atoms with van der Waals surface area (Å²) in [6.07, 6.45) is 0.535. The second-order valence-corrected chi connectivity index (χ2v) is 7.34. The lowest BCUT2D eigenvalue weighted by Crippen LogP contribution is -2.27. The highest BCUT2D eigenvalue weighted by atomic mass is 32.1. The van der Waals surface area contributed by atoms with Crippen molar-refractivity contribution in [2.45, 2.75) is 39.8 Å². The van der Waals surface area contributed by atoms with Gasteiger partial charge in [0, 0.05) is 12.1 Å².